The molecule has 8 heteroatoms. The second-order valence-corrected chi connectivity index (χ2v) is 9.18. The van der Waals surface area contributed by atoms with Gasteiger partial charge in [0.1, 0.15) is 6.04 Å². The van der Waals surface area contributed by atoms with Crippen LogP contribution in [0.3, 0.4) is 0 Å². The van der Waals surface area contributed by atoms with Crippen LogP contribution >= 0.6 is 11.3 Å². The molecule has 2 aliphatic rings. The van der Waals surface area contributed by atoms with E-state index in [9.17, 15) is 28.5 Å². The number of hydrogen-bond donors (Lipinski definition) is 0. The van der Waals surface area contributed by atoms with Crippen LogP contribution in [0.1, 0.15) is 43.9 Å². The molecule has 168 valence electrons. The van der Waals surface area contributed by atoms with Crippen molar-refractivity contribution in [1.82, 2.24) is 4.90 Å². The summed E-state index contributed by atoms with van der Waals surface area (Å²) in [5, 5.41) is 22.6. The van der Waals surface area contributed by atoms with E-state index >= 15 is 0 Å². The zero-order chi connectivity index (χ0) is 24.1. The summed E-state index contributed by atoms with van der Waals surface area (Å²) < 4.78 is 42.3. The highest BCUT2D eigenvalue weighted by atomic mass is 32.1. The van der Waals surface area contributed by atoms with Gasteiger partial charge in [0.05, 0.1) is 28.6 Å². The number of fused-ring (bicyclic) bond motifs is 3. The first-order valence-corrected chi connectivity index (χ1v) is 11.3. The Labute approximate surface area is 197 Å². The summed E-state index contributed by atoms with van der Waals surface area (Å²) >= 11 is 1.18. The highest BCUT2D eigenvalue weighted by Gasteiger charge is 2.64. The van der Waals surface area contributed by atoms with Crippen molar-refractivity contribution in [3.8, 4) is 12.1 Å². The number of nitriles is 2. The molecule has 0 N–H and O–H groups in total. The van der Waals surface area contributed by atoms with E-state index in [1.165, 1.54) is 29.5 Å². The number of halogens is 3. The van der Waals surface area contributed by atoms with Crippen LogP contribution in [0.25, 0.3) is 6.08 Å². The van der Waals surface area contributed by atoms with Crippen molar-refractivity contribution in [2.45, 2.75) is 24.2 Å². The number of benzene rings is 2. The van der Waals surface area contributed by atoms with Gasteiger partial charge in [-0.1, -0.05) is 48.5 Å². The molecule has 0 bridgehead atoms. The average molecular weight is 475 g/mol. The van der Waals surface area contributed by atoms with E-state index in [1.807, 2.05) is 6.07 Å². The number of carbonyl (C=O) groups is 1. The van der Waals surface area contributed by atoms with Crippen molar-refractivity contribution in [1.29, 1.82) is 10.5 Å². The van der Waals surface area contributed by atoms with Gasteiger partial charge in [-0.3, -0.25) is 4.79 Å². The van der Waals surface area contributed by atoms with Gasteiger partial charge in [0.15, 0.2) is 11.2 Å². The van der Waals surface area contributed by atoms with Crippen molar-refractivity contribution in [2.24, 2.45) is 5.41 Å². The molecule has 3 heterocycles. The Morgan fingerprint density at radius 2 is 1.65 bits per heavy atom. The first-order chi connectivity index (χ1) is 16.3. The molecule has 0 unspecified atom stereocenters. The zero-order valence-corrected chi connectivity index (χ0v) is 18.3. The van der Waals surface area contributed by atoms with Crippen LogP contribution in [0, 0.1) is 28.1 Å². The number of thiophene rings is 1. The third kappa shape index (κ3) is 3.07. The smallest absolute Gasteiger partial charge is 0.357 e. The molecule has 2 aromatic carbocycles. The third-order valence-electron chi connectivity index (χ3n) is 6.58. The molecule has 3 atom stereocenters. The van der Waals surface area contributed by atoms with Gasteiger partial charge < -0.3 is 4.90 Å². The number of nitrogens with zero attached hydrogens (tertiary/aromatic N) is 3. The molecule has 2 aliphatic heterocycles. The van der Waals surface area contributed by atoms with Crippen LogP contribution in [-0.2, 0) is 6.18 Å². The van der Waals surface area contributed by atoms with Crippen molar-refractivity contribution in [3.63, 3.8) is 0 Å². The Morgan fingerprint density at radius 1 is 0.971 bits per heavy atom. The zero-order valence-electron chi connectivity index (χ0n) is 17.5. The maximum atomic E-state index is 14.1. The second-order valence-electron chi connectivity index (χ2n) is 8.24. The molecule has 5 rings (SSSR count). The van der Waals surface area contributed by atoms with Gasteiger partial charge >= 0.3 is 6.18 Å². The highest BCUT2D eigenvalue weighted by Crippen LogP contribution is 2.61. The normalized spacial score (nSPS) is 22.4. The van der Waals surface area contributed by atoms with E-state index in [2.05, 4.69) is 12.1 Å². The van der Waals surface area contributed by atoms with Gasteiger partial charge in [0.2, 0.25) is 0 Å². The molecular weight excluding hydrogens is 459 g/mol. The second kappa shape index (κ2) is 7.86. The van der Waals surface area contributed by atoms with E-state index < -0.39 is 40.9 Å². The van der Waals surface area contributed by atoms with E-state index in [4.69, 9.17) is 0 Å². The standard InChI is InChI=1S/C26H16F3N3OS/c27-26(28,29)19-9-4-3-8-18(19)21-22(23(33)20-10-5-13-34-20)32-12-11-16-6-1-2-7-17(16)24(32)25(21,14-30)15-31/h1-13,21-22,24H/t21-,22-,24-/m1/s1. The monoisotopic (exact) mass is 475 g/mol. The Bertz CT molecular complexity index is 1370. The maximum Gasteiger partial charge on any atom is 0.416 e. The highest BCUT2D eigenvalue weighted by molar-refractivity contribution is 7.12. The number of alkyl halides is 3. The number of carbonyl (C=O) groups excluding carboxylic acids is 1. The van der Waals surface area contributed by atoms with Crippen molar-refractivity contribution in [3.05, 3.63) is 99.4 Å². The van der Waals surface area contributed by atoms with Crippen molar-refractivity contribution in [2.75, 3.05) is 0 Å². The van der Waals surface area contributed by atoms with E-state index in [-0.39, 0.29) is 5.56 Å². The Hall–Kier alpha value is -3.88. The summed E-state index contributed by atoms with van der Waals surface area (Å²) in [5.74, 6) is -1.76. The van der Waals surface area contributed by atoms with Crippen molar-refractivity contribution < 1.29 is 18.0 Å². The van der Waals surface area contributed by atoms with Crippen LogP contribution in [0.4, 0.5) is 13.2 Å². The molecule has 0 radical (unpaired) electrons. The predicted molar refractivity (Wildman–Crippen MR) is 120 cm³/mol. The molecule has 0 saturated carbocycles. The number of ketones is 1. The lowest BCUT2D eigenvalue weighted by Gasteiger charge is -2.34. The van der Waals surface area contributed by atoms with Crippen LogP contribution in [0.5, 0.6) is 0 Å². The minimum atomic E-state index is -4.72. The van der Waals surface area contributed by atoms with Crippen LogP contribution in [0.2, 0.25) is 0 Å². The van der Waals surface area contributed by atoms with E-state index in [1.54, 1.807) is 52.9 Å². The molecule has 4 nitrogen and oxygen atoms in total. The van der Waals surface area contributed by atoms with Gasteiger partial charge in [-0.15, -0.1) is 11.3 Å². The molecule has 0 spiro atoms. The molecule has 1 saturated heterocycles. The number of hydrogen-bond acceptors (Lipinski definition) is 5. The average Bonchev–Trinajstić information content (AvgIpc) is 3.48. The SMILES string of the molecule is N#CC1(C#N)[C@H](c2ccccc2C(F)(F)F)[C@H](C(=O)c2cccs2)N2C=Cc3ccccc3[C@@H]21. The fourth-order valence-electron chi connectivity index (χ4n) is 5.23. The number of Topliss-reactive ketones (excluding diaryl/α,β-unsaturated/α-hetero) is 1. The quantitative estimate of drug-likeness (QED) is 0.425. The first-order valence-electron chi connectivity index (χ1n) is 10.4. The summed E-state index contributed by atoms with van der Waals surface area (Å²) in [6.45, 7) is 0. The molecule has 34 heavy (non-hydrogen) atoms. The van der Waals surface area contributed by atoms with Gasteiger partial charge in [-0.2, -0.15) is 23.7 Å². The first kappa shape index (κ1) is 21.9. The van der Waals surface area contributed by atoms with Crippen LogP contribution in [-0.4, -0.2) is 16.7 Å². The van der Waals surface area contributed by atoms with E-state index in [0.29, 0.717) is 10.4 Å². The number of rotatable bonds is 3. The largest absolute Gasteiger partial charge is 0.416 e. The van der Waals surface area contributed by atoms with Crippen LogP contribution in [0.15, 0.2) is 72.2 Å². The lowest BCUT2D eigenvalue weighted by Crippen LogP contribution is -2.38. The summed E-state index contributed by atoms with van der Waals surface area (Å²) in [7, 11) is 0. The summed E-state index contributed by atoms with van der Waals surface area (Å²) in [4.78, 5) is 15.7. The van der Waals surface area contributed by atoms with Crippen molar-refractivity contribution >= 4 is 23.2 Å². The minimum absolute atomic E-state index is 0.228. The third-order valence-corrected chi connectivity index (χ3v) is 7.46. The molecular formula is C26H16F3N3OS. The topological polar surface area (TPSA) is 67.9 Å². The molecule has 1 fully saturated rings. The lowest BCUT2D eigenvalue weighted by molar-refractivity contribution is -0.138. The maximum absolute atomic E-state index is 14.1. The molecule has 3 aromatic rings. The molecule has 1 aromatic heterocycles. The fourth-order valence-corrected chi connectivity index (χ4v) is 5.93. The summed E-state index contributed by atoms with van der Waals surface area (Å²) in [6.07, 6.45) is -1.33. The Morgan fingerprint density at radius 3 is 2.29 bits per heavy atom. The van der Waals surface area contributed by atoms with Gasteiger partial charge in [0.25, 0.3) is 0 Å². The van der Waals surface area contributed by atoms with Gasteiger partial charge in [-0.05, 0) is 40.3 Å². The minimum Gasteiger partial charge on any atom is -0.357 e. The molecule has 0 amide bonds. The van der Waals surface area contributed by atoms with Gasteiger partial charge in [-0.25, -0.2) is 0 Å². The summed E-state index contributed by atoms with van der Waals surface area (Å²) in [6, 6.07) is 17.4. The van der Waals surface area contributed by atoms with E-state index in [0.717, 1.165) is 11.6 Å². The van der Waals surface area contributed by atoms with Gasteiger partial charge in [0, 0.05) is 12.1 Å². The fraction of sp³-hybridized carbons (Fsp3) is 0.192. The predicted octanol–water partition coefficient (Wildman–Crippen LogP) is 6.18. The summed E-state index contributed by atoms with van der Waals surface area (Å²) in [5.41, 5.74) is -1.74. The lowest BCUT2D eigenvalue weighted by atomic mass is 9.67. The van der Waals surface area contributed by atoms with Crippen LogP contribution < -0.4 is 0 Å². The Kier molecular flexibility index (Phi) is 5.07. The molecule has 0 aliphatic carbocycles. The Balaban J connectivity index is 1.83.